The van der Waals surface area contributed by atoms with Gasteiger partial charge in [-0.2, -0.15) is 0 Å². The summed E-state index contributed by atoms with van der Waals surface area (Å²) < 4.78 is 7.06. The fourth-order valence-electron chi connectivity index (χ4n) is 2.33. The van der Waals surface area contributed by atoms with Crippen molar-refractivity contribution in [1.82, 2.24) is 5.32 Å². The molecule has 112 valence electrons. The molecule has 1 atom stereocenters. The lowest BCUT2D eigenvalue weighted by molar-refractivity contribution is 0.242. The molecule has 0 fully saturated rings. The van der Waals surface area contributed by atoms with Gasteiger partial charge in [-0.05, 0) is 78.4 Å². The smallest absolute Gasteiger partial charge is 0.120 e. The molecule has 0 radical (unpaired) electrons. The molecule has 0 heterocycles. The summed E-state index contributed by atoms with van der Waals surface area (Å²) >= 11 is 2.33. The molecule has 2 nitrogen and oxygen atoms in total. The van der Waals surface area contributed by atoms with Gasteiger partial charge in [0.05, 0.1) is 12.1 Å². The third kappa shape index (κ3) is 4.71. The van der Waals surface area contributed by atoms with Crippen molar-refractivity contribution in [3.05, 3.63) is 63.2 Å². The van der Waals surface area contributed by atoms with Crippen LogP contribution in [-0.2, 0) is 0 Å². The Hall–Kier alpha value is -1.07. The quantitative estimate of drug-likeness (QED) is 0.711. The molecule has 2 aromatic carbocycles. The monoisotopic (exact) mass is 395 g/mol. The van der Waals surface area contributed by atoms with Gasteiger partial charge in [-0.15, -0.1) is 0 Å². The van der Waals surface area contributed by atoms with Crippen molar-refractivity contribution in [2.75, 3.05) is 6.54 Å². The summed E-state index contributed by atoms with van der Waals surface area (Å²) in [7, 11) is 0. The van der Waals surface area contributed by atoms with Crippen LogP contribution in [0.4, 0.5) is 0 Å². The minimum absolute atomic E-state index is 0.191. The molecule has 3 heteroatoms. The Morgan fingerprint density at radius 1 is 1.05 bits per heavy atom. The van der Waals surface area contributed by atoms with Gasteiger partial charge in [0.1, 0.15) is 5.75 Å². The van der Waals surface area contributed by atoms with E-state index in [0.29, 0.717) is 0 Å². The molecule has 0 aromatic heterocycles. The average Bonchev–Trinajstić information content (AvgIpc) is 2.45. The highest BCUT2D eigenvalue weighted by molar-refractivity contribution is 14.1. The summed E-state index contributed by atoms with van der Waals surface area (Å²) in [5, 5.41) is 3.56. The molecule has 0 aliphatic rings. The maximum absolute atomic E-state index is 5.81. The molecule has 0 spiro atoms. The van der Waals surface area contributed by atoms with Crippen LogP contribution in [0, 0.1) is 3.57 Å². The van der Waals surface area contributed by atoms with Crippen LogP contribution in [0.2, 0.25) is 0 Å². The van der Waals surface area contributed by atoms with E-state index >= 15 is 0 Å². The van der Waals surface area contributed by atoms with Gasteiger partial charge in [-0.1, -0.05) is 31.2 Å². The van der Waals surface area contributed by atoms with E-state index in [1.807, 2.05) is 19.9 Å². The topological polar surface area (TPSA) is 21.3 Å². The molecule has 1 N–H and O–H groups in total. The second-order valence-corrected chi connectivity index (χ2v) is 6.53. The van der Waals surface area contributed by atoms with Crippen molar-refractivity contribution >= 4 is 22.6 Å². The molecular weight excluding hydrogens is 373 g/mol. The van der Waals surface area contributed by atoms with Gasteiger partial charge in [0, 0.05) is 3.57 Å². The van der Waals surface area contributed by atoms with E-state index < -0.39 is 0 Å². The van der Waals surface area contributed by atoms with Crippen LogP contribution >= 0.6 is 22.6 Å². The second-order valence-electron chi connectivity index (χ2n) is 5.28. The van der Waals surface area contributed by atoms with Crippen molar-refractivity contribution in [1.29, 1.82) is 0 Å². The van der Waals surface area contributed by atoms with Crippen LogP contribution in [0.25, 0.3) is 0 Å². The Bertz CT molecular complexity index is 566. The molecule has 0 saturated heterocycles. The molecule has 0 bridgehead atoms. The van der Waals surface area contributed by atoms with Crippen molar-refractivity contribution in [3.8, 4) is 5.75 Å². The molecule has 0 saturated carbocycles. The van der Waals surface area contributed by atoms with Gasteiger partial charge in [0.25, 0.3) is 0 Å². The number of ether oxygens (including phenoxy) is 1. The standard InChI is InChI=1S/C18H22INO/c1-4-20-18(14-8-10-16(19)11-9-14)15-6-5-7-17(12-15)21-13(2)3/h5-13,18,20H,4H2,1-3H3. The first-order valence-corrected chi connectivity index (χ1v) is 8.43. The average molecular weight is 395 g/mol. The SMILES string of the molecule is CCNC(c1ccc(I)cc1)c1cccc(OC(C)C)c1. The highest BCUT2D eigenvalue weighted by atomic mass is 127. The van der Waals surface area contributed by atoms with Crippen molar-refractivity contribution < 1.29 is 4.74 Å². The third-order valence-electron chi connectivity index (χ3n) is 3.17. The minimum atomic E-state index is 0.191. The van der Waals surface area contributed by atoms with E-state index in [9.17, 15) is 0 Å². The Kier molecular flexibility index (Phi) is 6.06. The molecule has 1 unspecified atom stereocenters. The first kappa shape index (κ1) is 16.3. The normalized spacial score (nSPS) is 12.4. The molecule has 0 aliphatic heterocycles. The van der Waals surface area contributed by atoms with Crippen molar-refractivity contribution in [2.24, 2.45) is 0 Å². The van der Waals surface area contributed by atoms with E-state index in [4.69, 9.17) is 4.74 Å². The van der Waals surface area contributed by atoms with E-state index in [0.717, 1.165) is 12.3 Å². The van der Waals surface area contributed by atoms with E-state index in [1.54, 1.807) is 0 Å². The van der Waals surface area contributed by atoms with Crippen LogP contribution in [0.1, 0.15) is 37.9 Å². The fraction of sp³-hybridized carbons (Fsp3) is 0.333. The molecule has 2 rings (SSSR count). The first-order chi connectivity index (χ1) is 10.1. The Balaban J connectivity index is 2.31. The fourth-order valence-corrected chi connectivity index (χ4v) is 2.69. The Morgan fingerprint density at radius 3 is 2.38 bits per heavy atom. The second kappa shape index (κ2) is 7.80. The summed E-state index contributed by atoms with van der Waals surface area (Å²) in [4.78, 5) is 0. The van der Waals surface area contributed by atoms with Gasteiger partial charge >= 0.3 is 0 Å². The number of hydrogen-bond acceptors (Lipinski definition) is 2. The summed E-state index contributed by atoms with van der Waals surface area (Å²) in [6.07, 6.45) is 0.191. The van der Waals surface area contributed by atoms with Crippen LogP contribution < -0.4 is 10.1 Å². The van der Waals surface area contributed by atoms with Crippen molar-refractivity contribution in [3.63, 3.8) is 0 Å². The Morgan fingerprint density at radius 2 is 1.76 bits per heavy atom. The predicted octanol–water partition coefficient (Wildman–Crippen LogP) is 4.78. The number of hydrogen-bond donors (Lipinski definition) is 1. The zero-order valence-electron chi connectivity index (χ0n) is 12.8. The summed E-state index contributed by atoms with van der Waals surface area (Å²) in [5.74, 6) is 0.927. The predicted molar refractivity (Wildman–Crippen MR) is 96.9 cm³/mol. The molecule has 2 aromatic rings. The van der Waals surface area contributed by atoms with Gasteiger partial charge < -0.3 is 10.1 Å². The zero-order valence-corrected chi connectivity index (χ0v) is 14.9. The largest absolute Gasteiger partial charge is 0.491 e. The number of benzene rings is 2. The summed E-state index contributed by atoms with van der Waals surface area (Å²) in [6.45, 7) is 7.15. The van der Waals surface area contributed by atoms with E-state index in [-0.39, 0.29) is 12.1 Å². The van der Waals surface area contributed by atoms with Crippen LogP contribution in [0.3, 0.4) is 0 Å². The maximum atomic E-state index is 5.81. The van der Waals surface area contributed by atoms with Gasteiger partial charge in [-0.25, -0.2) is 0 Å². The Labute approximate surface area is 141 Å². The van der Waals surface area contributed by atoms with Gasteiger partial charge in [0.15, 0.2) is 0 Å². The zero-order chi connectivity index (χ0) is 15.2. The molecule has 0 amide bonds. The third-order valence-corrected chi connectivity index (χ3v) is 3.89. The van der Waals surface area contributed by atoms with Gasteiger partial charge in [0.2, 0.25) is 0 Å². The van der Waals surface area contributed by atoms with Crippen LogP contribution in [-0.4, -0.2) is 12.6 Å². The molecular formula is C18H22INO. The molecule has 21 heavy (non-hydrogen) atoms. The van der Waals surface area contributed by atoms with E-state index in [1.165, 1.54) is 14.7 Å². The lowest BCUT2D eigenvalue weighted by Gasteiger charge is -2.20. The maximum Gasteiger partial charge on any atom is 0.120 e. The van der Waals surface area contributed by atoms with Crippen molar-refractivity contribution in [2.45, 2.75) is 32.9 Å². The molecule has 0 aliphatic carbocycles. The lowest BCUT2D eigenvalue weighted by Crippen LogP contribution is -2.22. The van der Waals surface area contributed by atoms with E-state index in [2.05, 4.69) is 77.3 Å². The summed E-state index contributed by atoms with van der Waals surface area (Å²) in [5.41, 5.74) is 2.51. The van der Waals surface area contributed by atoms with Gasteiger partial charge in [-0.3, -0.25) is 0 Å². The number of nitrogens with one attached hydrogen (secondary N) is 1. The van der Waals surface area contributed by atoms with Crippen LogP contribution in [0.15, 0.2) is 48.5 Å². The minimum Gasteiger partial charge on any atom is -0.491 e. The first-order valence-electron chi connectivity index (χ1n) is 7.35. The van der Waals surface area contributed by atoms with Crippen LogP contribution in [0.5, 0.6) is 5.75 Å². The number of rotatable bonds is 6. The lowest BCUT2D eigenvalue weighted by atomic mass is 9.98. The number of halogens is 1. The highest BCUT2D eigenvalue weighted by Crippen LogP contribution is 2.26. The highest BCUT2D eigenvalue weighted by Gasteiger charge is 2.13. The summed E-state index contributed by atoms with van der Waals surface area (Å²) in [6, 6.07) is 17.2.